The summed E-state index contributed by atoms with van der Waals surface area (Å²) in [5, 5.41) is 22.6. The Bertz CT molecular complexity index is 1100. The molecule has 1 heterocycles. The summed E-state index contributed by atoms with van der Waals surface area (Å²) >= 11 is 1.46. The van der Waals surface area contributed by atoms with Gasteiger partial charge in [0.1, 0.15) is 28.5 Å². The first kappa shape index (κ1) is 21.6. The molecule has 2 aromatic rings. The van der Waals surface area contributed by atoms with Crippen molar-refractivity contribution < 1.29 is 9.53 Å². The number of ether oxygens (including phenoxy) is 1. The third-order valence-electron chi connectivity index (χ3n) is 5.42. The number of nitrogens with zero attached hydrogens (tertiary/aromatic N) is 2. The molecule has 0 spiro atoms. The molecule has 1 aromatic heterocycles. The number of methoxy groups -OCH3 is 1. The number of carbonyl (C=O) groups is 1. The van der Waals surface area contributed by atoms with Crippen LogP contribution in [0.1, 0.15) is 65.3 Å². The maximum atomic E-state index is 12.9. The standard InChI is InChI=1S/C24H25N3O2S/c1-14(2)19-11-16(15(3)9-21(19)29-4)10-17(12-25)23(28)27-24-20(13-26)18-7-5-6-8-22(18)30-24/h9-11,14H,5-8H2,1-4H3,(H,27,28). The molecule has 1 amide bonds. The third kappa shape index (κ3) is 4.25. The van der Waals surface area contributed by atoms with E-state index in [-0.39, 0.29) is 11.5 Å². The van der Waals surface area contributed by atoms with E-state index in [1.807, 2.05) is 25.1 Å². The maximum Gasteiger partial charge on any atom is 0.266 e. The summed E-state index contributed by atoms with van der Waals surface area (Å²) in [6.07, 6.45) is 5.58. The molecule has 0 atom stereocenters. The van der Waals surface area contributed by atoms with Crippen LogP contribution in [0.4, 0.5) is 5.00 Å². The molecule has 0 unspecified atom stereocenters. The van der Waals surface area contributed by atoms with Crippen LogP contribution in [0.15, 0.2) is 17.7 Å². The van der Waals surface area contributed by atoms with Crippen molar-refractivity contribution >= 4 is 28.3 Å². The van der Waals surface area contributed by atoms with Crippen LogP contribution < -0.4 is 10.1 Å². The lowest BCUT2D eigenvalue weighted by molar-refractivity contribution is -0.112. The van der Waals surface area contributed by atoms with Crippen LogP contribution >= 0.6 is 11.3 Å². The summed E-state index contributed by atoms with van der Waals surface area (Å²) in [5.41, 5.74) is 4.35. The Labute approximate surface area is 181 Å². The van der Waals surface area contributed by atoms with Crippen molar-refractivity contribution in [1.29, 1.82) is 10.5 Å². The highest BCUT2D eigenvalue weighted by Crippen LogP contribution is 2.38. The van der Waals surface area contributed by atoms with Gasteiger partial charge in [0.2, 0.25) is 0 Å². The fourth-order valence-corrected chi connectivity index (χ4v) is 4.98. The van der Waals surface area contributed by atoms with Gasteiger partial charge < -0.3 is 10.1 Å². The molecule has 0 radical (unpaired) electrons. The number of nitriles is 2. The van der Waals surface area contributed by atoms with Gasteiger partial charge in [-0.1, -0.05) is 13.8 Å². The Hall–Kier alpha value is -3.09. The molecule has 1 N–H and O–H groups in total. The number of hydrogen-bond donors (Lipinski definition) is 1. The Morgan fingerprint density at radius 3 is 2.63 bits per heavy atom. The van der Waals surface area contributed by atoms with Crippen LogP contribution in [0.25, 0.3) is 6.08 Å². The van der Waals surface area contributed by atoms with E-state index in [1.54, 1.807) is 13.2 Å². The highest BCUT2D eigenvalue weighted by atomic mass is 32.1. The second kappa shape index (κ2) is 9.15. The molecule has 0 fully saturated rings. The predicted molar refractivity (Wildman–Crippen MR) is 120 cm³/mol. The smallest absolute Gasteiger partial charge is 0.266 e. The molecule has 0 saturated heterocycles. The van der Waals surface area contributed by atoms with Gasteiger partial charge in [-0.2, -0.15) is 10.5 Å². The SMILES string of the molecule is COc1cc(C)c(C=C(C#N)C(=O)Nc2sc3c(c2C#N)CCCC3)cc1C(C)C. The summed E-state index contributed by atoms with van der Waals surface area (Å²) in [5.74, 6) is 0.544. The average Bonchev–Trinajstić information content (AvgIpc) is 3.08. The number of nitrogens with one attached hydrogen (secondary N) is 1. The van der Waals surface area contributed by atoms with E-state index < -0.39 is 5.91 Å². The van der Waals surface area contributed by atoms with E-state index in [2.05, 4.69) is 25.2 Å². The van der Waals surface area contributed by atoms with Crippen LogP contribution in [0.5, 0.6) is 5.75 Å². The van der Waals surface area contributed by atoms with Gasteiger partial charge in [-0.05, 0) is 79.0 Å². The van der Waals surface area contributed by atoms with Gasteiger partial charge in [-0.25, -0.2) is 0 Å². The van der Waals surface area contributed by atoms with Crippen molar-refractivity contribution in [3.05, 3.63) is 50.4 Å². The lowest BCUT2D eigenvalue weighted by Crippen LogP contribution is -2.13. The zero-order valence-corrected chi connectivity index (χ0v) is 18.6. The topological polar surface area (TPSA) is 85.9 Å². The van der Waals surface area contributed by atoms with Gasteiger partial charge in [-0.15, -0.1) is 11.3 Å². The molecule has 1 aliphatic rings. The molecule has 6 heteroatoms. The summed E-state index contributed by atoms with van der Waals surface area (Å²) in [4.78, 5) is 14.0. The number of anilines is 1. The second-order valence-corrected chi connectivity index (χ2v) is 8.86. The Balaban J connectivity index is 1.94. The van der Waals surface area contributed by atoms with Gasteiger partial charge in [0.15, 0.2) is 0 Å². The van der Waals surface area contributed by atoms with Crippen molar-refractivity contribution in [2.24, 2.45) is 0 Å². The summed E-state index contributed by atoms with van der Waals surface area (Å²) in [6.45, 7) is 6.06. The lowest BCUT2D eigenvalue weighted by atomic mass is 9.95. The fourth-order valence-electron chi connectivity index (χ4n) is 3.75. The highest BCUT2D eigenvalue weighted by molar-refractivity contribution is 7.16. The van der Waals surface area contributed by atoms with Crippen molar-refractivity contribution in [1.82, 2.24) is 0 Å². The molecule has 1 aliphatic carbocycles. The van der Waals surface area contributed by atoms with Gasteiger partial charge in [0, 0.05) is 4.88 Å². The minimum atomic E-state index is -0.492. The van der Waals surface area contributed by atoms with E-state index in [4.69, 9.17) is 4.74 Å². The van der Waals surface area contributed by atoms with Gasteiger partial charge in [0.05, 0.1) is 12.7 Å². The minimum absolute atomic E-state index is 0.00762. The number of carbonyl (C=O) groups excluding carboxylic acids is 1. The number of thiophene rings is 1. The molecule has 3 rings (SSSR count). The van der Waals surface area contributed by atoms with Gasteiger partial charge in [-0.3, -0.25) is 4.79 Å². The lowest BCUT2D eigenvalue weighted by Gasteiger charge is -2.15. The van der Waals surface area contributed by atoms with Gasteiger partial charge >= 0.3 is 0 Å². The van der Waals surface area contributed by atoms with E-state index in [0.29, 0.717) is 10.6 Å². The first-order valence-corrected chi connectivity index (χ1v) is 10.9. The highest BCUT2D eigenvalue weighted by Gasteiger charge is 2.23. The maximum absolute atomic E-state index is 12.9. The largest absolute Gasteiger partial charge is 0.496 e. The molecule has 30 heavy (non-hydrogen) atoms. The van der Waals surface area contributed by atoms with E-state index in [0.717, 1.165) is 53.7 Å². The zero-order chi connectivity index (χ0) is 21.8. The Morgan fingerprint density at radius 1 is 1.27 bits per heavy atom. The first-order chi connectivity index (χ1) is 14.4. The zero-order valence-electron chi connectivity index (χ0n) is 17.8. The monoisotopic (exact) mass is 419 g/mol. The minimum Gasteiger partial charge on any atom is -0.496 e. The van der Waals surface area contributed by atoms with Crippen molar-refractivity contribution in [3.8, 4) is 17.9 Å². The molecule has 5 nitrogen and oxygen atoms in total. The number of rotatable bonds is 5. The average molecular weight is 420 g/mol. The molecular weight excluding hydrogens is 394 g/mol. The van der Waals surface area contributed by atoms with E-state index in [9.17, 15) is 15.3 Å². The quantitative estimate of drug-likeness (QED) is 0.513. The molecule has 0 saturated carbocycles. The van der Waals surface area contributed by atoms with Crippen molar-refractivity contribution in [2.45, 2.75) is 52.4 Å². The van der Waals surface area contributed by atoms with Gasteiger partial charge in [0.25, 0.3) is 5.91 Å². The number of amides is 1. The molecule has 0 aliphatic heterocycles. The van der Waals surface area contributed by atoms with Crippen molar-refractivity contribution in [3.63, 3.8) is 0 Å². The summed E-state index contributed by atoms with van der Waals surface area (Å²) in [7, 11) is 1.64. The van der Waals surface area contributed by atoms with Crippen LogP contribution in [0, 0.1) is 29.6 Å². The Morgan fingerprint density at radius 2 is 2.00 bits per heavy atom. The molecule has 0 bridgehead atoms. The first-order valence-electron chi connectivity index (χ1n) is 10.1. The van der Waals surface area contributed by atoms with Crippen LogP contribution in [0.3, 0.4) is 0 Å². The third-order valence-corrected chi connectivity index (χ3v) is 6.62. The molecular formula is C24H25N3O2S. The van der Waals surface area contributed by atoms with Crippen LogP contribution in [-0.2, 0) is 17.6 Å². The normalized spacial score (nSPS) is 13.4. The number of aryl methyl sites for hydroxylation is 2. The van der Waals surface area contributed by atoms with E-state index >= 15 is 0 Å². The van der Waals surface area contributed by atoms with Crippen LogP contribution in [0.2, 0.25) is 0 Å². The summed E-state index contributed by atoms with van der Waals surface area (Å²) in [6, 6.07) is 8.14. The van der Waals surface area contributed by atoms with Crippen LogP contribution in [-0.4, -0.2) is 13.0 Å². The number of hydrogen-bond acceptors (Lipinski definition) is 5. The Kier molecular flexibility index (Phi) is 6.59. The molecule has 1 aromatic carbocycles. The second-order valence-electron chi connectivity index (χ2n) is 7.76. The number of benzene rings is 1. The fraction of sp³-hybridized carbons (Fsp3) is 0.375. The number of fused-ring (bicyclic) bond motifs is 1. The van der Waals surface area contributed by atoms with E-state index in [1.165, 1.54) is 16.2 Å². The van der Waals surface area contributed by atoms with Crippen molar-refractivity contribution in [2.75, 3.05) is 12.4 Å². The predicted octanol–water partition coefficient (Wildman–Crippen LogP) is 5.48. The summed E-state index contributed by atoms with van der Waals surface area (Å²) < 4.78 is 5.47. The molecule has 154 valence electrons.